The van der Waals surface area contributed by atoms with Crippen LogP contribution in [-0.2, 0) is 0 Å². The molecular weight excluding hydrogens is 326 g/mol. The molecule has 0 saturated carbocycles. The van der Waals surface area contributed by atoms with E-state index in [0.717, 1.165) is 19.4 Å². The lowest BCUT2D eigenvalue weighted by Crippen LogP contribution is -2.46. The third kappa shape index (κ3) is 4.59. The van der Waals surface area contributed by atoms with E-state index in [2.05, 4.69) is 17.6 Å². The van der Waals surface area contributed by atoms with Crippen molar-refractivity contribution in [2.24, 2.45) is 0 Å². The summed E-state index contributed by atoms with van der Waals surface area (Å²) in [6.45, 7) is 2.95. The number of carbonyl (C=O) groups is 1. The zero-order chi connectivity index (χ0) is 15.4. The van der Waals surface area contributed by atoms with Crippen molar-refractivity contribution in [3.8, 4) is 0 Å². The molecule has 0 spiro atoms. The number of nitro groups is 1. The standard InChI is InChI=1S/C14H19N3O3S.ClH/c1-9-7-11(5-6-15-9)16-14(18)10-3-4-13(21-2)12(8-10)17(19)20;/h3-4,8-9,11,15H,5-7H2,1-2H3,(H,16,18);1H. The van der Waals surface area contributed by atoms with Gasteiger partial charge >= 0.3 is 0 Å². The molecule has 1 amide bonds. The normalized spacial score (nSPS) is 20.8. The Kier molecular flexibility index (Phi) is 7.12. The summed E-state index contributed by atoms with van der Waals surface area (Å²) in [5.41, 5.74) is 0.319. The van der Waals surface area contributed by atoms with E-state index >= 15 is 0 Å². The highest BCUT2D eigenvalue weighted by Crippen LogP contribution is 2.28. The molecule has 0 bridgehead atoms. The lowest BCUT2D eigenvalue weighted by atomic mass is 10.0. The van der Waals surface area contributed by atoms with Gasteiger partial charge in [-0.2, -0.15) is 0 Å². The van der Waals surface area contributed by atoms with Crippen molar-refractivity contribution in [3.63, 3.8) is 0 Å². The molecule has 1 fully saturated rings. The SMILES string of the molecule is CSc1ccc(C(=O)NC2CCNC(C)C2)cc1[N+](=O)[O-].Cl. The molecule has 22 heavy (non-hydrogen) atoms. The predicted molar refractivity (Wildman–Crippen MR) is 90.1 cm³/mol. The number of nitrogens with one attached hydrogen (secondary N) is 2. The average Bonchev–Trinajstić information content (AvgIpc) is 2.46. The second kappa shape index (κ2) is 8.36. The zero-order valence-corrected chi connectivity index (χ0v) is 14.1. The Balaban J connectivity index is 0.00000242. The van der Waals surface area contributed by atoms with E-state index in [-0.39, 0.29) is 30.0 Å². The van der Waals surface area contributed by atoms with Gasteiger partial charge in [0.15, 0.2) is 0 Å². The average molecular weight is 346 g/mol. The first-order valence-electron chi connectivity index (χ1n) is 6.88. The summed E-state index contributed by atoms with van der Waals surface area (Å²) >= 11 is 1.30. The van der Waals surface area contributed by atoms with E-state index < -0.39 is 4.92 Å². The van der Waals surface area contributed by atoms with Gasteiger partial charge in [0.05, 0.1) is 9.82 Å². The number of piperidine rings is 1. The van der Waals surface area contributed by atoms with Crippen LogP contribution in [0.3, 0.4) is 0 Å². The molecule has 6 nitrogen and oxygen atoms in total. The Labute approximate surface area is 140 Å². The smallest absolute Gasteiger partial charge is 0.283 e. The van der Waals surface area contributed by atoms with Crippen LogP contribution in [0.1, 0.15) is 30.1 Å². The maximum Gasteiger partial charge on any atom is 0.283 e. The number of nitro benzene ring substituents is 1. The summed E-state index contributed by atoms with van der Waals surface area (Å²) < 4.78 is 0. The number of rotatable bonds is 4. The number of carbonyl (C=O) groups excluding carboxylic acids is 1. The van der Waals surface area contributed by atoms with Gasteiger partial charge in [0.2, 0.25) is 0 Å². The van der Waals surface area contributed by atoms with E-state index in [1.54, 1.807) is 18.4 Å². The lowest BCUT2D eigenvalue weighted by Gasteiger charge is -2.28. The highest BCUT2D eigenvalue weighted by molar-refractivity contribution is 7.98. The van der Waals surface area contributed by atoms with Gasteiger partial charge in [-0.25, -0.2) is 0 Å². The van der Waals surface area contributed by atoms with Crippen LogP contribution in [0.2, 0.25) is 0 Å². The monoisotopic (exact) mass is 345 g/mol. The van der Waals surface area contributed by atoms with E-state index in [1.807, 2.05) is 0 Å². The molecule has 2 rings (SSSR count). The summed E-state index contributed by atoms with van der Waals surface area (Å²) in [6.07, 6.45) is 3.52. The highest BCUT2D eigenvalue weighted by Gasteiger charge is 2.22. The Hall–Kier alpha value is -1.31. The molecule has 8 heteroatoms. The van der Waals surface area contributed by atoms with E-state index in [1.165, 1.54) is 17.8 Å². The number of benzene rings is 1. The number of amides is 1. The Morgan fingerprint density at radius 3 is 2.82 bits per heavy atom. The van der Waals surface area contributed by atoms with Crippen molar-refractivity contribution in [2.75, 3.05) is 12.8 Å². The Bertz CT molecular complexity index is 556. The molecule has 1 aliphatic heterocycles. The quantitative estimate of drug-likeness (QED) is 0.498. The second-order valence-corrected chi connectivity index (χ2v) is 6.04. The largest absolute Gasteiger partial charge is 0.349 e. The minimum atomic E-state index is -0.449. The fourth-order valence-electron chi connectivity index (χ4n) is 2.51. The van der Waals surface area contributed by atoms with Gasteiger partial charge in [0.1, 0.15) is 0 Å². The summed E-state index contributed by atoms with van der Waals surface area (Å²) in [5, 5.41) is 17.3. The molecule has 1 aromatic carbocycles. The number of halogens is 1. The van der Waals surface area contributed by atoms with Crippen LogP contribution < -0.4 is 10.6 Å². The van der Waals surface area contributed by atoms with Crippen molar-refractivity contribution in [1.82, 2.24) is 10.6 Å². The van der Waals surface area contributed by atoms with Crippen LogP contribution in [0.25, 0.3) is 0 Å². The molecule has 1 heterocycles. The molecule has 0 aliphatic carbocycles. The van der Waals surface area contributed by atoms with Crippen LogP contribution in [-0.4, -0.2) is 35.7 Å². The van der Waals surface area contributed by atoms with Crippen LogP contribution in [0.4, 0.5) is 5.69 Å². The van der Waals surface area contributed by atoms with Gasteiger partial charge in [-0.1, -0.05) is 0 Å². The summed E-state index contributed by atoms with van der Waals surface area (Å²) in [4.78, 5) is 23.4. The fourth-order valence-corrected chi connectivity index (χ4v) is 3.05. The maximum atomic E-state index is 12.2. The molecule has 0 aromatic heterocycles. The summed E-state index contributed by atoms with van der Waals surface area (Å²) in [5.74, 6) is -0.246. The molecule has 2 unspecified atom stereocenters. The van der Waals surface area contributed by atoms with E-state index in [4.69, 9.17) is 0 Å². The number of nitrogens with zero attached hydrogens (tertiary/aromatic N) is 1. The van der Waals surface area contributed by atoms with Gasteiger partial charge < -0.3 is 10.6 Å². The highest BCUT2D eigenvalue weighted by atomic mass is 35.5. The zero-order valence-electron chi connectivity index (χ0n) is 12.5. The lowest BCUT2D eigenvalue weighted by molar-refractivity contribution is -0.387. The third-order valence-corrected chi connectivity index (χ3v) is 4.38. The van der Waals surface area contributed by atoms with Crippen molar-refractivity contribution in [3.05, 3.63) is 33.9 Å². The molecule has 1 saturated heterocycles. The van der Waals surface area contributed by atoms with Gasteiger partial charge in [0.25, 0.3) is 11.6 Å². The van der Waals surface area contributed by atoms with Gasteiger partial charge in [-0.05, 0) is 44.7 Å². The topological polar surface area (TPSA) is 84.3 Å². The minimum absolute atomic E-state index is 0. The molecule has 1 aromatic rings. The first-order valence-corrected chi connectivity index (χ1v) is 8.10. The van der Waals surface area contributed by atoms with Crippen molar-refractivity contribution < 1.29 is 9.72 Å². The van der Waals surface area contributed by atoms with E-state index in [9.17, 15) is 14.9 Å². The second-order valence-electron chi connectivity index (χ2n) is 5.19. The van der Waals surface area contributed by atoms with Crippen LogP contribution in [0.5, 0.6) is 0 Å². The predicted octanol–water partition coefficient (Wildman–Crippen LogP) is 2.61. The number of hydrogen-bond donors (Lipinski definition) is 2. The first-order chi connectivity index (χ1) is 10.0. The Morgan fingerprint density at radius 1 is 1.50 bits per heavy atom. The van der Waals surface area contributed by atoms with Gasteiger partial charge in [0, 0.05) is 23.7 Å². The van der Waals surface area contributed by atoms with Gasteiger partial charge in [-0.15, -0.1) is 24.2 Å². The summed E-state index contributed by atoms with van der Waals surface area (Å²) in [6, 6.07) is 5.11. The van der Waals surface area contributed by atoms with Crippen LogP contribution in [0, 0.1) is 10.1 Å². The molecule has 2 N–H and O–H groups in total. The molecule has 2 atom stereocenters. The van der Waals surface area contributed by atoms with Gasteiger partial charge in [-0.3, -0.25) is 14.9 Å². The van der Waals surface area contributed by atoms with Crippen molar-refractivity contribution in [2.45, 2.75) is 36.7 Å². The molecule has 122 valence electrons. The minimum Gasteiger partial charge on any atom is -0.349 e. The summed E-state index contributed by atoms with van der Waals surface area (Å²) in [7, 11) is 0. The van der Waals surface area contributed by atoms with Crippen molar-refractivity contribution in [1.29, 1.82) is 0 Å². The Morgan fingerprint density at radius 2 is 2.23 bits per heavy atom. The fraction of sp³-hybridized carbons (Fsp3) is 0.500. The first kappa shape index (κ1) is 18.7. The number of thioether (sulfide) groups is 1. The molecule has 1 aliphatic rings. The van der Waals surface area contributed by atoms with Crippen molar-refractivity contribution >= 4 is 35.8 Å². The maximum absolute atomic E-state index is 12.2. The third-order valence-electron chi connectivity index (χ3n) is 3.60. The van der Waals surface area contributed by atoms with Crippen LogP contribution >= 0.6 is 24.2 Å². The van der Waals surface area contributed by atoms with Crippen LogP contribution in [0.15, 0.2) is 23.1 Å². The van der Waals surface area contributed by atoms with E-state index in [0.29, 0.717) is 16.5 Å². The molecular formula is C14H20ClN3O3S. The number of hydrogen-bond acceptors (Lipinski definition) is 5. The molecule has 0 radical (unpaired) electrons.